The van der Waals surface area contributed by atoms with Crippen molar-refractivity contribution in [3.63, 3.8) is 0 Å². The van der Waals surface area contributed by atoms with Gasteiger partial charge in [0, 0.05) is 12.1 Å². The van der Waals surface area contributed by atoms with Gasteiger partial charge in [-0.25, -0.2) is 9.37 Å². The summed E-state index contributed by atoms with van der Waals surface area (Å²) >= 11 is 0. The van der Waals surface area contributed by atoms with Crippen molar-refractivity contribution < 1.29 is 4.39 Å². The zero-order valence-electron chi connectivity index (χ0n) is 9.86. The van der Waals surface area contributed by atoms with Gasteiger partial charge in [0.25, 0.3) is 0 Å². The first-order valence-electron chi connectivity index (χ1n) is 6.13. The third kappa shape index (κ3) is 1.68. The molecule has 0 saturated heterocycles. The lowest BCUT2D eigenvalue weighted by molar-refractivity contribution is 0.620. The molecule has 1 saturated carbocycles. The molecular weight excluding hydrogens is 217 g/mol. The number of hydrogen-bond acceptors (Lipinski definition) is 2. The first-order valence-corrected chi connectivity index (χ1v) is 6.13. The molecule has 4 heteroatoms. The summed E-state index contributed by atoms with van der Waals surface area (Å²) in [6.07, 6.45) is 3.59. The fraction of sp³-hybridized carbons (Fsp3) is 0.462. The second-order valence-corrected chi connectivity index (χ2v) is 4.82. The molecule has 0 spiro atoms. The van der Waals surface area contributed by atoms with Gasteiger partial charge in [-0.1, -0.05) is 13.3 Å². The van der Waals surface area contributed by atoms with Crippen LogP contribution in [-0.4, -0.2) is 9.55 Å². The van der Waals surface area contributed by atoms with Crippen LogP contribution in [0.1, 0.15) is 32.2 Å². The molecule has 1 aromatic carbocycles. The minimum Gasteiger partial charge on any atom is -0.369 e. The third-order valence-corrected chi connectivity index (χ3v) is 3.56. The molecule has 0 radical (unpaired) electrons. The Morgan fingerprint density at radius 1 is 1.53 bits per heavy atom. The van der Waals surface area contributed by atoms with Crippen LogP contribution in [0.2, 0.25) is 0 Å². The summed E-state index contributed by atoms with van der Waals surface area (Å²) in [5.74, 6) is 0.960. The molecule has 1 aliphatic rings. The van der Waals surface area contributed by atoms with Gasteiger partial charge in [-0.05, 0) is 30.9 Å². The van der Waals surface area contributed by atoms with Crippen molar-refractivity contribution in [3.8, 4) is 0 Å². The highest BCUT2D eigenvalue weighted by Gasteiger charge is 2.39. The highest BCUT2D eigenvalue weighted by molar-refractivity contribution is 5.78. The molecule has 0 aliphatic heterocycles. The van der Waals surface area contributed by atoms with Crippen LogP contribution in [0.25, 0.3) is 11.0 Å². The SMILES string of the molecule is CCCC1CC1n1c(N)nc2cc(F)ccc21. The molecular formula is C13H16FN3. The van der Waals surface area contributed by atoms with Gasteiger partial charge in [-0.3, -0.25) is 0 Å². The Bertz CT molecular complexity index is 561. The van der Waals surface area contributed by atoms with Gasteiger partial charge in [-0.15, -0.1) is 0 Å². The van der Waals surface area contributed by atoms with Crippen molar-refractivity contribution in [2.75, 3.05) is 5.73 Å². The number of nitrogens with zero attached hydrogens (tertiary/aromatic N) is 2. The fourth-order valence-electron chi connectivity index (χ4n) is 2.67. The maximum absolute atomic E-state index is 13.1. The van der Waals surface area contributed by atoms with Crippen molar-refractivity contribution in [1.29, 1.82) is 0 Å². The maximum Gasteiger partial charge on any atom is 0.201 e. The number of anilines is 1. The van der Waals surface area contributed by atoms with Crippen molar-refractivity contribution in [2.24, 2.45) is 5.92 Å². The maximum atomic E-state index is 13.1. The summed E-state index contributed by atoms with van der Waals surface area (Å²) in [5, 5.41) is 0. The van der Waals surface area contributed by atoms with Crippen molar-refractivity contribution in [1.82, 2.24) is 9.55 Å². The summed E-state index contributed by atoms with van der Waals surface area (Å²) in [7, 11) is 0. The molecule has 17 heavy (non-hydrogen) atoms. The van der Waals surface area contributed by atoms with Crippen LogP contribution in [0, 0.1) is 11.7 Å². The molecule has 2 atom stereocenters. The lowest BCUT2D eigenvalue weighted by atomic mass is 10.2. The van der Waals surface area contributed by atoms with Crippen LogP contribution in [-0.2, 0) is 0 Å². The second kappa shape index (κ2) is 3.72. The number of hydrogen-bond donors (Lipinski definition) is 1. The molecule has 1 aromatic heterocycles. The van der Waals surface area contributed by atoms with E-state index in [1.54, 1.807) is 6.07 Å². The van der Waals surface area contributed by atoms with Gasteiger partial charge in [0.15, 0.2) is 0 Å². The Hall–Kier alpha value is -1.58. The van der Waals surface area contributed by atoms with Gasteiger partial charge in [0.2, 0.25) is 5.95 Å². The van der Waals surface area contributed by atoms with E-state index < -0.39 is 0 Å². The molecule has 1 heterocycles. The summed E-state index contributed by atoms with van der Waals surface area (Å²) < 4.78 is 15.2. The van der Waals surface area contributed by atoms with E-state index in [4.69, 9.17) is 5.73 Å². The Labute approximate surface area is 99.4 Å². The van der Waals surface area contributed by atoms with Crippen LogP contribution < -0.4 is 5.73 Å². The smallest absolute Gasteiger partial charge is 0.201 e. The van der Waals surface area contributed by atoms with Crippen LogP contribution in [0.3, 0.4) is 0 Å². The van der Waals surface area contributed by atoms with Crippen LogP contribution >= 0.6 is 0 Å². The standard InChI is InChI=1S/C13H16FN3/c1-2-3-8-6-12(8)17-11-5-4-9(14)7-10(11)16-13(17)15/h4-5,7-8,12H,2-3,6H2,1H3,(H2,15,16). The number of halogens is 1. The third-order valence-electron chi connectivity index (χ3n) is 3.56. The van der Waals surface area contributed by atoms with E-state index in [2.05, 4.69) is 16.5 Å². The zero-order valence-corrected chi connectivity index (χ0v) is 9.86. The van der Waals surface area contributed by atoms with Gasteiger partial charge in [0.05, 0.1) is 11.0 Å². The molecule has 2 N–H and O–H groups in total. The van der Waals surface area contributed by atoms with Crippen molar-refractivity contribution >= 4 is 17.0 Å². The Morgan fingerprint density at radius 3 is 3.12 bits per heavy atom. The van der Waals surface area contributed by atoms with Crippen LogP contribution in [0.15, 0.2) is 18.2 Å². The van der Waals surface area contributed by atoms with Gasteiger partial charge >= 0.3 is 0 Å². The molecule has 3 nitrogen and oxygen atoms in total. The molecule has 0 bridgehead atoms. The van der Waals surface area contributed by atoms with Crippen LogP contribution in [0.4, 0.5) is 10.3 Å². The normalized spacial score (nSPS) is 23.2. The number of fused-ring (bicyclic) bond motifs is 1. The number of nitrogens with two attached hydrogens (primary N) is 1. The largest absolute Gasteiger partial charge is 0.369 e. The summed E-state index contributed by atoms with van der Waals surface area (Å²) in [4.78, 5) is 4.23. The lowest BCUT2D eigenvalue weighted by Crippen LogP contribution is -2.02. The first-order chi connectivity index (χ1) is 8.20. The average molecular weight is 233 g/mol. The molecule has 1 aliphatic carbocycles. The predicted octanol–water partition coefficient (Wildman–Crippen LogP) is 3.12. The number of imidazole rings is 1. The number of nitrogen functional groups attached to an aromatic ring is 1. The summed E-state index contributed by atoms with van der Waals surface area (Å²) in [6.45, 7) is 2.19. The number of rotatable bonds is 3. The van der Waals surface area contributed by atoms with E-state index in [0.29, 0.717) is 23.4 Å². The molecule has 1 fully saturated rings. The van der Waals surface area contributed by atoms with E-state index in [0.717, 1.165) is 5.52 Å². The number of benzene rings is 1. The highest BCUT2D eigenvalue weighted by Crippen LogP contribution is 2.48. The van der Waals surface area contributed by atoms with E-state index >= 15 is 0 Å². The topological polar surface area (TPSA) is 43.8 Å². The van der Waals surface area contributed by atoms with E-state index in [-0.39, 0.29) is 5.82 Å². The van der Waals surface area contributed by atoms with Crippen molar-refractivity contribution in [3.05, 3.63) is 24.0 Å². The quantitative estimate of drug-likeness (QED) is 0.885. The minimum atomic E-state index is -0.261. The highest BCUT2D eigenvalue weighted by atomic mass is 19.1. The Balaban J connectivity index is 2.02. The van der Waals surface area contributed by atoms with Gasteiger partial charge < -0.3 is 10.3 Å². The van der Waals surface area contributed by atoms with E-state index in [1.807, 2.05) is 0 Å². The minimum absolute atomic E-state index is 0.261. The molecule has 2 aromatic rings. The summed E-state index contributed by atoms with van der Waals surface area (Å²) in [6, 6.07) is 5.15. The Morgan fingerprint density at radius 2 is 2.35 bits per heavy atom. The van der Waals surface area contributed by atoms with E-state index in [1.165, 1.54) is 31.4 Å². The van der Waals surface area contributed by atoms with E-state index in [9.17, 15) is 4.39 Å². The van der Waals surface area contributed by atoms with Crippen LogP contribution in [0.5, 0.6) is 0 Å². The average Bonchev–Trinajstić information content (AvgIpc) is 2.94. The first kappa shape index (κ1) is 10.6. The zero-order chi connectivity index (χ0) is 12.0. The fourth-order valence-corrected chi connectivity index (χ4v) is 2.67. The Kier molecular flexibility index (Phi) is 2.31. The monoisotopic (exact) mass is 233 g/mol. The second-order valence-electron chi connectivity index (χ2n) is 4.82. The molecule has 2 unspecified atom stereocenters. The molecule has 3 rings (SSSR count). The lowest BCUT2D eigenvalue weighted by Gasteiger charge is -2.05. The number of aromatic nitrogens is 2. The van der Waals surface area contributed by atoms with Gasteiger partial charge in [-0.2, -0.15) is 0 Å². The van der Waals surface area contributed by atoms with Crippen molar-refractivity contribution in [2.45, 2.75) is 32.2 Å². The summed E-state index contributed by atoms with van der Waals surface area (Å²) in [5.41, 5.74) is 7.54. The molecule has 0 amide bonds. The molecule has 90 valence electrons. The predicted molar refractivity (Wildman–Crippen MR) is 66.2 cm³/mol. The van der Waals surface area contributed by atoms with Gasteiger partial charge in [0.1, 0.15) is 5.82 Å².